The van der Waals surface area contributed by atoms with Gasteiger partial charge in [-0.3, -0.25) is 0 Å². The number of ether oxygens (including phenoxy) is 1. The SMILES string of the molecule is COc1ccc(-c2c(C#N)c(N)nc(SC)c2CC(C)C)cc1. The van der Waals surface area contributed by atoms with Crippen molar-refractivity contribution in [3.05, 3.63) is 35.4 Å². The highest BCUT2D eigenvalue weighted by molar-refractivity contribution is 7.98. The average Bonchev–Trinajstić information content (AvgIpc) is 2.55. The average molecular weight is 327 g/mol. The maximum absolute atomic E-state index is 9.58. The van der Waals surface area contributed by atoms with Crippen LogP contribution in [0.2, 0.25) is 0 Å². The van der Waals surface area contributed by atoms with Crippen LogP contribution in [-0.2, 0) is 6.42 Å². The summed E-state index contributed by atoms with van der Waals surface area (Å²) in [6.45, 7) is 4.31. The minimum Gasteiger partial charge on any atom is -0.497 e. The van der Waals surface area contributed by atoms with E-state index in [4.69, 9.17) is 10.5 Å². The highest BCUT2D eigenvalue weighted by Crippen LogP contribution is 2.37. The fourth-order valence-corrected chi connectivity index (χ4v) is 3.20. The number of nitrogens with two attached hydrogens (primary N) is 1. The molecule has 5 heteroatoms. The zero-order chi connectivity index (χ0) is 17.0. The molecule has 120 valence electrons. The molecule has 2 N–H and O–H groups in total. The van der Waals surface area contributed by atoms with Crippen molar-refractivity contribution < 1.29 is 4.74 Å². The second kappa shape index (κ2) is 7.38. The molecule has 2 rings (SSSR count). The van der Waals surface area contributed by atoms with Gasteiger partial charge in [0.1, 0.15) is 28.2 Å². The topological polar surface area (TPSA) is 71.9 Å². The van der Waals surface area contributed by atoms with E-state index in [9.17, 15) is 5.26 Å². The molecule has 0 spiro atoms. The predicted molar refractivity (Wildman–Crippen MR) is 95.7 cm³/mol. The van der Waals surface area contributed by atoms with E-state index >= 15 is 0 Å². The van der Waals surface area contributed by atoms with Crippen LogP contribution in [0.25, 0.3) is 11.1 Å². The Hall–Kier alpha value is -2.19. The molecule has 0 saturated heterocycles. The molecule has 0 aliphatic rings. The Morgan fingerprint density at radius 2 is 1.96 bits per heavy atom. The Kier molecular flexibility index (Phi) is 5.51. The van der Waals surface area contributed by atoms with Crippen LogP contribution in [0.15, 0.2) is 29.3 Å². The Morgan fingerprint density at radius 1 is 1.30 bits per heavy atom. The van der Waals surface area contributed by atoms with Gasteiger partial charge in [0.15, 0.2) is 0 Å². The number of thioether (sulfide) groups is 1. The van der Waals surface area contributed by atoms with Crippen LogP contribution in [0.1, 0.15) is 25.0 Å². The summed E-state index contributed by atoms with van der Waals surface area (Å²) >= 11 is 1.56. The molecular formula is C18H21N3OS. The summed E-state index contributed by atoms with van der Waals surface area (Å²) in [6.07, 6.45) is 2.83. The lowest BCUT2D eigenvalue weighted by Gasteiger charge is -2.18. The largest absolute Gasteiger partial charge is 0.497 e. The fourth-order valence-electron chi connectivity index (χ4n) is 2.57. The lowest BCUT2D eigenvalue weighted by molar-refractivity contribution is 0.415. The minimum absolute atomic E-state index is 0.287. The molecule has 0 amide bonds. The van der Waals surface area contributed by atoms with Crippen LogP contribution in [0, 0.1) is 17.2 Å². The summed E-state index contributed by atoms with van der Waals surface area (Å²) in [4.78, 5) is 4.43. The number of methoxy groups -OCH3 is 1. The van der Waals surface area contributed by atoms with Gasteiger partial charge in [-0.25, -0.2) is 4.98 Å². The first-order chi connectivity index (χ1) is 11.0. The van der Waals surface area contributed by atoms with E-state index in [1.54, 1.807) is 18.9 Å². The Balaban J connectivity index is 2.75. The second-order valence-electron chi connectivity index (χ2n) is 5.67. The van der Waals surface area contributed by atoms with Gasteiger partial charge in [0.05, 0.1) is 7.11 Å². The third-order valence-electron chi connectivity index (χ3n) is 3.58. The van der Waals surface area contributed by atoms with Gasteiger partial charge in [-0.15, -0.1) is 11.8 Å². The van der Waals surface area contributed by atoms with E-state index in [-0.39, 0.29) is 5.82 Å². The molecule has 4 nitrogen and oxygen atoms in total. The molecule has 0 saturated carbocycles. The molecule has 0 aliphatic carbocycles. The summed E-state index contributed by atoms with van der Waals surface area (Å²) in [5, 5.41) is 10.5. The molecule has 0 atom stereocenters. The van der Waals surface area contributed by atoms with Crippen LogP contribution in [0.3, 0.4) is 0 Å². The van der Waals surface area contributed by atoms with E-state index in [1.807, 2.05) is 30.5 Å². The van der Waals surface area contributed by atoms with E-state index in [0.717, 1.165) is 33.9 Å². The third kappa shape index (κ3) is 3.59. The van der Waals surface area contributed by atoms with Crippen LogP contribution < -0.4 is 10.5 Å². The second-order valence-corrected chi connectivity index (χ2v) is 6.47. The number of nitrogen functional groups attached to an aromatic ring is 1. The van der Waals surface area contributed by atoms with Gasteiger partial charge >= 0.3 is 0 Å². The van der Waals surface area contributed by atoms with Gasteiger partial charge in [0.2, 0.25) is 0 Å². The van der Waals surface area contributed by atoms with E-state index in [0.29, 0.717) is 11.5 Å². The maximum Gasteiger partial charge on any atom is 0.143 e. The number of aromatic nitrogens is 1. The van der Waals surface area contributed by atoms with E-state index in [1.165, 1.54) is 0 Å². The van der Waals surface area contributed by atoms with E-state index < -0.39 is 0 Å². The van der Waals surface area contributed by atoms with Crippen molar-refractivity contribution in [1.29, 1.82) is 5.26 Å². The standard InChI is InChI=1S/C18H21N3OS/c1-11(2)9-14-16(12-5-7-13(22-3)8-6-12)15(10-19)17(20)21-18(14)23-4/h5-8,11H,9H2,1-4H3,(H2,20,21). The molecule has 23 heavy (non-hydrogen) atoms. The molecule has 0 unspecified atom stereocenters. The van der Waals surface area contributed by atoms with Gasteiger partial charge in [0.25, 0.3) is 0 Å². The first-order valence-electron chi connectivity index (χ1n) is 7.42. The Bertz CT molecular complexity index is 733. The normalized spacial score (nSPS) is 10.6. The first-order valence-corrected chi connectivity index (χ1v) is 8.65. The van der Waals surface area contributed by atoms with Crippen molar-refractivity contribution in [2.24, 2.45) is 5.92 Å². The number of pyridine rings is 1. The van der Waals surface area contributed by atoms with Gasteiger partial charge in [-0.2, -0.15) is 5.26 Å². The quantitative estimate of drug-likeness (QED) is 0.836. The third-order valence-corrected chi connectivity index (χ3v) is 4.31. The number of nitrogens with zero attached hydrogens (tertiary/aromatic N) is 2. The smallest absolute Gasteiger partial charge is 0.143 e. The minimum atomic E-state index is 0.287. The molecule has 1 aromatic carbocycles. The van der Waals surface area contributed by atoms with Crippen molar-refractivity contribution in [1.82, 2.24) is 4.98 Å². The van der Waals surface area contributed by atoms with Crippen molar-refractivity contribution >= 4 is 17.6 Å². The molecule has 2 aromatic rings. The summed E-state index contributed by atoms with van der Waals surface area (Å²) < 4.78 is 5.22. The maximum atomic E-state index is 9.58. The summed E-state index contributed by atoms with van der Waals surface area (Å²) in [5.41, 5.74) is 9.41. The van der Waals surface area contributed by atoms with Crippen molar-refractivity contribution in [2.75, 3.05) is 19.1 Å². The lowest BCUT2D eigenvalue weighted by Crippen LogP contribution is -2.07. The van der Waals surface area contributed by atoms with Crippen molar-refractivity contribution in [3.63, 3.8) is 0 Å². The van der Waals surface area contributed by atoms with Gasteiger partial charge in [0, 0.05) is 5.56 Å². The monoisotopic (exact) mass is 327 g/mol. The highest BCUT2D eigenvalue weighted by Gasteiger charge is 2.20. The van der Waals surface area contributed by atoms with Gasteiger partial charge in [-0.05, 0) is 41.9 Å². The molecule has 1 heterocycles. The fraction of sp³-hybridized carbons (Fsp3) is 0.333. The van der Waals surface area contributed by atoms with Gasteiger partial charge < -0.3 is 10.5 Å². The molecular weight excluding hydrogens is 306 g/mol. The van der Waals surface area contributed by atoms with Crippen LogP contribution in [0.4, 0.5) is 5.82 Å². The van der Waals surface area contributed by atoms with Crippen LogP contribution in [-0.4, -0.2) is 18.3 Å². The molecule has 0 fully saturated rings. The number of anilines is 1. The summed E-state index contributed by atoms with van der Waals surface area (Å²) in [7, 11) is 1.64. The summed E-state index contributed by atoms with van der Waals surface area (Å²) in [6, 6.07) is 9.94. The number of rotatable bonds is 5. The highest BCUT2D eigenvalue weighted by atomic mass is 32.2. The first kappa shape index (κ1) is 17.2. The molecule has 1 aromatic heterocycles. The number of benzene rings is 1. The number of hydrogen-bond donors (Lipinski definition) is 1. The zero-order valence-corrected chi connectivity index (χ0v) is 14.7. The number of hydrogen-bond acceptors (Lipinski definition) is 5. The van der Waals surface area contributed by atoms with Gasteiger partial charge in [-0.1, -0.05) is 26.0 Å². The van der Waals surface area contributed by atoms with E-state index in [2.05, 4.69) is 24.9 Å². The zero-order valence-electron chi connectivity index (χ0n) is 13.9. The van der Waals surface area contributed by atoms with Crippen LogP contribution >= 0.6 is 11.8 Å². The molecule has 0 aliphatic heterocycles. The lowest BCUT2D eigenvalue weighted by atomic mass is 9.91. The Morgan fingerprint density at radius 3 is 2.43 bits per heavy atom. The molecule has 0 radical (unpaired) electrons. The predicted octanol–water partition coefficient (Wildman–Crippen LogP) is 4.13. The van der Waals surface area contributed by atoms with Crippen molar-refractivity contribution in [2.45, 2.75) is 25.3 Å². The molecule has 0 bridgehead atoms. The Labute approximate surface area is 141 Å². The number of nitriles is 1. The van der Waals surface area contributed by atoms with Crippen LogP contribution in [0.5, 0.6) is 5.75 Å². The van der Waals surface area contributed by atoms with Crippen molar-refractivity contribution in [3.8, 4) is 22.9 Å². The summed E-state index contributed by atoms with van der Waals surface area (Å²) in [5.74, 6) is 1.52.